The summed E-state index contributed by atoms with van der Waals surface area (Å²) in [5.74, 6) is -0.613. The lowest BCUT2D eigenvalue weighted by Gasteiger charge is -2.18. The first-order valence-electron chi connectivity index (χ1n) is 10.4. The highest BCUT2D eigenvalue weighted by Gasteiger charge is 2.19. The summed E-state index contributed by atoms with van der Waals surface area (Å²) in [6.45, 7) is 5.74. The third-order valence-corrected chi connectivity index (χ3v) is 5.44. The Kier molecular flexibility index (Phi) is 8.00. The van der Waals surface area contributed by atoms with Crippen molar-refractivity contribution in [3.05, 3.63) is 80.2 Å². The second-order valence-corrected chi connectivity index (χ2v) is 8.83. The molecule has 0 spiro atoms. The van der Waals surface area contributed by atoms with E-state index in [1.54, 1.807) is 37.3 Å². The molecule has 0 aliphatic heterocycles. The van der Waals surface area contributed by atoms with Crippen LogP contribution in [0.1, 0.15) is 44.2 Å². The first-order valence-corrected chi connectivity index (χ1v) is 11.2. The molecular formula is C24H25Cl2N3O4. The zero-order chi connectivity index (χ0) is 24.1. The van der Waals surface area contributed by atoms with Crippen LogP contribution in [0.4, 0.5) is 11.6 Å². The predicted molar refractivity (Wildman–Crippen MR) is 130 cm³/mol. The SMILES string of the molecule is CC(C)Oc1ccc(Nc2ncc(C(C)CC(=O)O)c(=O)n2Cc2ccc(Cl)cc2)cc1Cl. The van der Waals surface area contributed by atoms with E-state index in [0.29, 0.717) is 33.0 Å². The molecule has 3 rings (SSSR count). The third-order valence-electron chi connectivity index (χ3n) is 4.89. The molecule has 1 heterocycles. The monoisotopic (exact) mass is 489 g/mol. The van der Waals surface area contributed by atoms with Crippen molar-refractivity contribution in [1.29, 1.82) is 0 Å². The van der Waals surface area contributed by atoms with Crippen LogP contribution in [0.2, 0.25) is 10.0 Å². The van der Waals surface area contributed by atoms with Crippen LogP contribution in [-0.2, 0) is 11.3 Å². The second-order valence-electron chi connectivity index (χ2n) is 7.99. The van der Waals surface area contributed by atoms with Crippen molar-refractivity contribution in [3.63, 3.8) is 0 Å². The van der Waals surface area contributed by atoms with Crippen LogP contribution in [0.25, 0.3) is 0 Å². The molecule has 0 aliphatic carbocycles. The smallest absolute Gasteiger partial charge is 0.303 e. The molecule has 9 heteroatoms. The van der Waals surface area contributed by atoms with E-state index in [1.165, 1.54) is 10.8 Å². The number of hydrogen-bond acceptors (Lipinski definition) is 5. The summed E-state index contributed by atoms with van der Waals surface area (Å²) in [6.07, 6.45) is 1.24. The molecule has 0 saturated carbocycles. The molecule has 0 amide bonds. The number of rotatable bonds is 9. The number of carboxylic acid groups (broad SMARTS) is 1. The van der Waals surface area contributed by atoms with E-state index in [4.69, 9.17) is 33.0 Å². The predicted octanol–water partition coefficient (Wildman–Crippen LogP) is 5.71. The Hall–Kier alpha value is -3.03. The molecule has 0 saturated heterocycles. The maximum Gasteiger partial charge on any atom is 0.303 e. The van der Waals surface area contributed by atoms with Crippen LogP contribution in [0.5, 0.6) is 5.75 Å². The summed E-state index contributed by atoms with van der Waals surface area (Å²) in [5.41, 5.74) is 1.48. The molecule has 2 N–H and O–H groups in total. The van der Waals surface area contributed by atoms with Crippen molar-refractivity contribution in [2.75, 3.05) is 5.32 Å². The van der Waals surface area contributed by atoms with Crippen LogP contribution < -0.4 is 15.6 Å². The van der Waals surface area contributed by atoms with E-state index in [2.05, 4.69) is 10.3 Å². The molecule has 1 unspecified atom stereocenters. The topological polar surface area (TPSA) is 93.5 Å². The van der Waals surface area contributed by atoms with Crippen molar-refractivity contribution >= 4 is 40.8 Å². The van der Waals surface area contributed by atoms with E-state index in [9.17, 15) is 9.59 Å². The number of carbonyl (C=O) groups is 1. The first-order chi connectivity index (χ1) is 15.6. The number of ether oxygens (including phenoxy) is 1. The van der Waals surface area contributed by atoms with Crippen LogP contribution in [0.15, 0.2) is 53.5 Å². The summed E-state index contributed by atoms with van der Waals surface area (Å²) < 4.78 is 7.14. The summed E-state index contributed by atoms with van der Waals surface area (Å²) in [6, 6.07) is 12.3. The largest absolute Gasteiger partial charge is 0.489 e. The number of halogens is 2. The van der Waals surface area contributed by atoms with Gasteiger partial charge in [-0.1, -0.05) is 42.3 Å². The molecule has 3 aromatic rings. The van der Waals surface area contributed by atoms with E-state index in [1.807, 2.05) is 26.0 Å². The van der Waals surface area contributed by atoms with Gasteiger partial charge in [-0.2, -0.15) is 0 Å². The standard InChI is InChI=1S/C24H25Cl2N3O4/c1-14(2)33-21-9-8-18(11-20(21)26)28-24-27-12-19(15(3)10-22(30)31)23(32)29(24)13-16-4-6-17(25)7-5-16/h4-9,11-12,14-15H,10,13H2,1-3H3,(H,27,28)(H,30,31). The fourth-order valence-corrected chi connectivity index (χ4v) is 3.64. The number of aromatic nitrogens is 2. The summed E-state index contributed by atoms with van der Waals surface area (Å²) in [5, 5.41) is 13.3. The van der Waals surface area contributed by atoms with Gasteiger partial charge in [0.25, 0.3) is 5.56 Å². The van der Waals surface area contributed by atoms with Crippen molar-refractivity contribution in [1.82, 2.24) is 9.55 Å². The minimum atomic E-state index is -0.980. The molecule has 174 valence electrons. The van der Waals surface area contributed by atoms with Gasteiger partial charge in [0.2, 0.25) is 5.95 Å². The third kappa shape index (κ3) is 6.49. The molecular weight excluding hydrogens is 465 g/mol. The van der Waals surface area contributed by atoms with Crippen LogP contribution in [0.3, 0.4) is 0 Å². The zero-order valence-corrected chi connectivity index (χ0v) is 20.0. The van der Waals surface area contributed by atoms with Crippen LogP contribution in [-0.4, -0.2) is 26.7 Å². The Morgan fingerprint density at radius 3 is 2.45 bits per heavy atom. The highest BCUT2D eigenvalue weighted by Crippen LogP contribution is 2.30. The Balaban J connectivity index is 2.00. The number of anilines is 2. The number of nitrogens with zero attached hydrogens (tertiary/aromatic N) is 2. The molecule has 0 fully saturated rings. The molecule has 0 radical (unpaired) electrons. The van der Waals surface area contributed by atoms with Gasteiger partial charge in [0.1, 0.15) is 5.75 Å². The minimum absolute atomic E-state index is 0.0205. The lowest BCUT2D eigenvalue weighted by molar-refractivity contribution is -0.137. The fourth-order valence-electron chi connectivity index (χ4n) is 3.29. The number of hydrogen-bond donors (Lipinski definition) is 2. The number of aliphatic carboxylic acids is 1. The lowest BCUT2D eigenvalue weighted by atomic mass is 10.0. The molecule has 0 bridgehead atoms. The number of carboxylic acids is 1. The zero-order valence-electron chi connectivity index (χ0n) is 18.5. The molecule has 1 aromatic heterocycles. The molecule has 7 nitrogen and oxygen atoms in total. The molecule has 33 heavy (non-hydrogen) atoms. The van der Waals surface area contributed by atoms with Gasteiger partial charge in [0, 0.05) is 22.5 Å². The highest BCUT2D eigenvalue weighted by molar-refractivity contribution is 6.32. The van der Waals surface area contributed by atoms with E-state index < -0.39 is 11.9 Å². The first kappa shape index (κ1) is 24.6. The lowest BCUT2D eigenvalue weighted by Crippen LogP contribution is -2.29. The van der Waals surface area contributed by atoms with Crippen LogP contribution >= 0.6 is 23.2 Å². The van der Waals surface area contributed by atoms with Crippen molar-refractivity contribution in [2.24, 2.45) is 0 Å². The van der Waals surface area contributed by atoms with Gasteiger partial charge in [-0.25, -0.2) is 4.98 Å². The van der Waals surface area contributed by atoms with Gasteiger partial charge in [-0.05, 0) is 55.7 Å². The minimum Gasteiger partial charge on any atom is -0.489 e. The highest BCUT2D eigenvalue weighted by atomic mass is 35.5. The quantitative estimate of drug-likeness (QED) is 0.399. The normalized spacial score (nSPS) is 11.9. The Bertz CT molecular complexity index is 1190. The average Bonchev–Trinajstić information content (AvgIpc) is 2.73. The van der Waals surface area contributed by atoms with E-state index in [-0.39, 0.29) is 24.6 Å². The van der Waals surface area contributed by atoms with Gasteiger partial charge in [0.05, 0.1) is 24.1 Å². The number of nitrogens with one attached hydrogen (secondary N) is 1. The fraction of sp³-hybridized carbons (Fsp3) is 0.292. The summed E-state index contributed by atoms with van der Waals surface area (Å²) >= 11 is 12.3. The van der Waals surface area contributed by atoms with Crippen molar-refractivity contribution in [3.8, 4) is 5.75 Å². The summed E-state index contributed by atoms with van der Waals surface area (Å²) in [4.78, 5) is 28.9. The maximum absolute atomic E-state index is 13.3. The molecule has 2 aromatic carbocycles. The Labute approximate surface area is 202 Å². The van der Waals surface area contributed by atoms with Crippen molar-refractivity contribution < 1.29 is 14.6 Å². The Morgan fingerprint density at radius 2 is 1.85 bits per heavy atom. The van der Waals surface area contributed by atoms with Gasteiger partial charge in [-0.15, -0.1) is 0 Å². The molecule has 0 aliphatic rings. The molecule has 1 atom stereocenters. The maximum atomic E-state index is 13.3. The average molecular weight is 490 g/mol. The van der Waals surface area contributed by atoms with Gasteiger partial charge < -0.3 is 15.2 Å². The summed E-state index contributed by atoms with van der Waals surface area (Å²) in [7, 11) is 0. The van der Waals surface area contributed by atoms with Crippen molar-refractivity contribution in [2.45, 2.75) is 45.8 Å². The van der Waals surface area contributed by atoms with E-state index in [0.717, 1.165) is 5.56 Å². The van der Waals surface area contributed by atoms with E-state index >= 15 is 0 Å². The Morgan fingerprint density at radius 1 is 1.15 bits per heavy atom. The van der Waals surface area contributed by atoms with Gasteiger partial charge >= 0.3 is 5.97 Å². The number of benzene rings is 2. The van der Waals surface area contributed by atoms with Crippen LogP contribution in [0, 0.1) is 0 Å². The van der Waals surface area contributed by atoms with Gasteiger partial charge in [-0.3, -0.25) is 14.2 Å². The van der Waals surface area contributed by atoms with Gasteiger partial charge in [0.15, 0.2) is 0 Å². The second kappa shape index (κ2) is 10.7.